The molecule has 4 rings (SSSR count). The second kappa shape index (κ2) is 11.5. The fourth-order valence-electron chi connectivity index (χ4n) is 4.59. The highest BCUT2D eigenvalue weighted by atomic mass is 32.2. The van der Waals surface area contributed by atoms with E-state index in [0.717, 1.165) is 19.5 Å². The van der Waals surface area contributed by atoms with Gasteiger partial charge in [-0.1, -0.05) is 36.4 Å². The Morgan fingerprint density at radius 1 is 1.17 bits per heavy atom. The Kier molecular flexibility index (Phi) is 8.40. The average molecular weight is 503 g/mol. The van der Waals surface area contributed by atoms with Crippen LogP contribution in [0.25, 0.3) is 0 Å². The summed E-state index contributed by atoms with van der Waals surface area (Å²) in [6, 6.07) is 14.5. The highest BCUT2D eigenvalue weighted by Gasteiger charge is 2.33. The molecule has 0 aromatic heterocycles. The van der Waals surface area contributed by atoms with Gasteiger partial charge in [-0.3, -0.25) is 9.69 Å². The van der Waals surface area contributed by atoms with Gasteiger partial charge in [-0.2, -0.15) is 4.31 Å². The van der Waals surface area contributed by atoms with Gasteiger partial charge in [-0.25, -0.2) is 8.42 Å². The van der Waals surface area contributed by atoms with E-state index < -0.39 is 22.0 Å². The van der Waals surface area contributed by atoms with Gasteiger partial charge < -0.3 is 20.5 Å². The molecule has 9 nitrogen and oxygen atoms in total. The number of aliphatic hydroxyl groups is 1. The van der Waals surface area contributed by atoms with Crippen molar-refractivity contribution in [2.24, 2.45) is 0 Å². The number of carbonyl (C=O) groups is 1. The third-order valence-corrected chi connectivity index (χ3v) is 8.50. The summed E-state index contributed by atoms with van der Waals surface area (Å²) in [7, 11) is -3.76. The number of benzene rings is 2. The van der Waals surface area contributed by atoms with Gasteiger partial charge in [-0.15, -0.1) is 0 Å². The summed E-state index contributed by atoms with van der Waals surface area (Å²) in [6.45, 7) is 5.25. The van der Waals surface area contributed by atoms with Gasteiger partial charge in [0.1, 0.15) is 10.6 Å². The quantitative estimate of drug-likeness (QED) is 0.460. The minimum atomic E-state index is -3.76. The molecule has 1 amide bonds. The van der Waals surface area contributed by atoms with Crippen LogP contribution in [-0.2, 0) is 27.8 Å². The zero-order valence-electron chi connectivity index (χ0n) is 20.0. The molecule has 35 heavy (non-hydrogen) atoms. The molecule has 2 aliphatic heterocycles. The molecule has 2 heterocycles. The second-order valence-corrected chi connectivity index (χ2v) is 11.0. The van der Waals surface area contributed by atoms with Crippen molar-refractivity contribution in [1.82, 2.24) is 19.8 Å². The molecule has 0 saturated carbocycles. The Morgan fingerprint density at radius 3 is 2.71 bits per heavy atom. The van der Waals surface area contributed by atoms with E-state index in [9.17, 15) is 18.3 Å². The number of para-hydroxylation sites is 1. The van der Waals surface area contributed by atoms with Crippen molar-refractivity contribution in [2.75, 3.05) is 45.9 Å². The lowest BCUT2D eigenvalue weighted by molar-refractivity contribution is -0.123. The van der Waals surface area contributed by atoms with Gasteiger partial charge >= 0.3 is 0 Å². The van der Waals surface area contributed by atoms with Crippen molar-refractivity contribution < 1.29 is 23.1 Å². The molecule has 1 unspecified atom stereocenters. The van der Waals surface area contributed by atoms with E-state index in [4.69, 9.17) is 4.74 Å². The predicted octanol–water partition coefficient (Wildman–Crippen LogP) is 0.583. The van der Waals surface area contributed by atoms with Crippen LogP contribution in [0, 0.1) is 0 Å². The third-order valence-electron chi connectivity index (χ3n) is 6.45. The number of amides is 1. The van der Waals surface area contributed by atoms with E-state index in [1.54, 1.807) is 18.2 Å². The van der Waals surface area contributed by atoms with Crippen LogP contribution in [0.2, 0.25) is 0 Å². The maximum absolute atomic E-state index is 13.2. The number of rotatable bonds is 9. The SMILES string of the molecule is CC1CNCCN1S(=O)(=O)c1ccccc1OCC(=O)NC[C@@H](O)CN1CCc2ccccc2C1. The van der Waals surface area contributed by atoms with Crippen LogP contribution >= 0.6 is 0 Å². The van der Waals surface area contributed by atoms with Crippen molar-refractivity contribution in [2.45, 2.75) is 36.9 Å². The maximum atomic E-state index is 13.2. The first-order valence-corrected chi connectivity index (χ1v) is 13.5. The highest BCUT2D eigenvalue weighted by molar-refractivity contribution is 7.89. The third kappa shape index (κ3) is 6.39. The summed E-state index contributed by atoms with van der Waals surface area (Å²) in [5.41, 5.74) is 2.62. The van der Waals surface area contributed by atoms with Gasteiger partial charge in [-0.05, 0) is 36.6 Å². The smallest absolute Gasteiger partial charge is 0.258 e. The van der Waals surface area contributed by atoms with Crippen molar-refractivity contribution in [3.05, 3.63) is 59.7 Å². The Balaban J connectivity index is 1.27. The van der Waals surface area contributed by atoms with Crippen molar-refractivity contribution in [3.8, 4) is 5.75 Å². The first kappa shape index (κ1) is 25.6. The largest absolute Gasteiger partial charge is 0.482 e. The van der Waals surface area contributed by atoms with Gasteiger partial charge in [0, 0.05) is 51.9 Å². The van der Waals surface area contributed by atoms with E-state index in [2.05, 4.69) is 27.7 Å². The number of piperazine rings is 1. The van der Waals surface area contributed by atoms with Crippen LogP contribution in [0.3, 0.4) is 0 Å². The minimum Gasteiger partial charge on any atom is -0.482 e. The molecule has 1 fully saturated rings. The first-order chi connectivity index (χ1) is 16.8. The number of hydrogen-bond acceptors (Lipinski definition) is 7. The standard InChI is InChI=1S/C25H34N4O5S/c1-19-14-26-11-13-29(19)35(32,33)24-9-5-4-8-23(24)34-18-25(31)27-15-22(30)17-28-12-10-20-6-2-3-7-21(20)16-28/h2-9,19,22,26,30H,10-18H2,1H3,(H,27,31)/t19?,22-/m1/s1. The lowest BCUT2D eigenvalue weighted by atomic mass is 10.00. The number of carbonyl (C=O) groups excluding carboxylic acids is 1. The van der Waals surface area contributed by atoms with Crippen LogP contribution in [0.4, 0.5) is 0 Å². The monoisotopic (exact) mass is 502 g/mol. The van der Waals surface area contributed by atoms with Crippen LogP contribution in [-0.4, -0.2) is 86.7 Å². The molecule has 1 saturated heterocycles. The molecule has 2 aliphatic rings. The number of β-amino-alcohol motifs (C(OH)–C–C–N with tert-alkyl or cyclic N) is 1. The molecule has 3 N–H and O–H groups in total. The number of nitrogens with one attached hydrogen (secondary N) is 2. The Hall–Kier alpha value is -2.50. The Morgan fingerprint density at radius 2 is 1.91 bits per heavy atom. The van der Waals surface area contributed by atoms with Crippen molar-refractivity contribution in [3.63, 3.8) is 0 Å². The molecule has 0 bridgehead atoms. The Labute approximate surface area is 207 Å². The topological polar surface area (TPSA) is 111 Å². The zero-order chi connectivity index (χ0) is 24.8. The van der Waals surface area contributed by atoms with Crippen LogP contribution < -0.4 is 15.4 Å². The van der Waals surface area contributed by atoms with Gasteiger partial charge in [0.05, 0.1) is 6.10 Å². The molecule has 190 valence electrons. The number of fused-ring (bicyclic) bond motifs is 1. The van der Waals surface area contributed by atoms with Crippen LogP contribution in [0.5, 0.6) is 5.75 Å². The zero-order valence-corrected chi connectivity index (χ0v) is 20.8. The number of ether oxygens (including phenoxy) is 1. The lowest BCUT2D eigenvalue weighted by Gasteiger charge is -2.33. The van der Waals surface area contributed by atoms with E-state index in [-0.39, 0.29) is 29.8 Å². The van der Waals surface area contributed by atoms with E-state index >= 15 is 0 Å². The predicted molar refractivity (Wildman–Crippen MR) is 133 cm³/mol. The fraction of sp³-hybridized carbons (Fsp3) is 0.480. The minimum absolute atomic E-state index is 0.0481. The van der Waals surface area contributed by atoms with E-state index in [1.165, 1.54) is 21.5 Å². The van der Waals surface area contributed by atoms with Gasteiger partial charge in [0.15, 0.2) is 6.61 Å². The number of nitrogens with zero attached hydrogens (tertiary/aromatic N) is 2. The maximum Gasteiger partial charge on any atom is 0.258 e. The summed E-state index contributed by atoms with van der Waals surface area (Å²) in [5, 5.41) is 16.3. The van der Waals surface area contributed by atoms with Gasteiger partial charge in [0.2, 0.25) is 10.0 Å². The normalized spacial score (nSPS) is 20.1. The van der Waals surface area contributed by atoms with E-state index in [0.29, 0.717) is 26.2 Å². The van der Waals surface area contributed by atoms with Crippen molar-refractivity contribution >= 4 is 15.9 Å². The number of aliphatic hydroxyl groups excluding tert-OH is 1. The number of hydrogen-bond donors (Lipinski definition) is 3. The summed E-state index contributed by atoms with van der Waals surface area (Å²) < 4.78 is 33.5. The summed E-state index contributed by atoms with van der Waals surface area (Å²) in [4.78, 5) is 14.6. The lowest BCUT2D eigenvalue weighted by Crippen LogP contribution is -2.52. The molecule has 2 atom stereocenters. The fourth-order valence-corrected chi connectivity index (χ4v) is 6.35. The van der Waals surface area contributed by atoms with Crippen molar-refractivity contribution in [1.29, 1.82) is 0 Å². The summed E-state index contributed by atoms with van der Waals surface area (Å²) in [5.74, 6) is -0.281. The summed E-state index contributed by atoms with van der Waals surface area (Å²) in [6.07, 6.45) is 0.226. The molecular weight excluding hydrogens is 468 g/mol. The molecule has 2 aromatic rings. The average Bonchev–Trinajstić information content (AvgIpc) is 2.86. The second-order valence-electron chi connectivity index (χ2n) is 9.12. The molecular formula is C25H34N4O5S. The Bertz CT molecular complexity index is 1130. The van der Waals surface area contributed by atoms with Gasteiger partial charge in [0.25, 0.3) is 5.91 Å². The molecule has 0 spiro atoms. The molecule has 2 aromatic carbocycles. The molecule has 10 heteroatoms. The molecule has 0 aliphatic carbocycles. The summed E-state index contributed by atoms with van der Waals surface area (Å²) >= 11 is 0. The first-order valence-electron chi connectivity index (χ1n) is 12.0. The van der Waals surface area contributed by atoms with Crippen LogP contribution in [0.15, 0.2) is 53.4 Å². The van der Waals surface area contributed by atoms with Crippen LogP contribution in [0.1, 0.15) is 18.1 Å². The highest BCUT2D eigenvalue weighted by Crippen LogP contribution is 2.28. The molecule has 0 radical (unpaired) electrons. The number of sulfonamides is 1. The van der Waals surface area contributed by atoms with E-state index in [1.807, 2.05) is 19.1 Å².